The minimum Gasteiger partial charge on any atom is -0.464 e. The molecule has 1 aromatic rings. The van der Waals surface area contributed by atoms with Crippen molar-refractivity contribution in [3.8, 4) is 18.2 Å². The van der Waals surface area contributed by atoms with Crippen molar-refractivity contribution in [1.82, 2.24) is 9.97 Å². The molecule has 0 saturated carbocycles. The molecular formula is C16H18F3N3O4. The summed E-state index contributed by atoms with van der Waals surface area (Å²) in [4.78, 5) is 7.47. The van der Waals surface area contributed by atoms with Gasteiger partial charge in [0.1, 0.15) is 5.60 Å². The largest absolute Gasteiger partial charge is 0.464 e. The van der Waals surface area contributed by atoms with E-state index in [1.54, 1.807) is 7.11 Å². The molecule has 2 saturated heterocycles. The van der Waals surface area contributed by atoms with E-state index >= 15 is 0 Å². The SMILES string of the molecule is C#CCOc1cc(C(F)(F)F)nc(N[C@@H]2CC[C@]3(COC)CO[C@H]2O3)n1. The Kier molecular flexibility index (Phi) is 5.22. The Balaban J connectivity index is 1.76. The fraction of sp³-hybridized carbons (Fsp3) is 0.625. The summed E-state index contributed by atoms with van der Waals surface area (Å²) < 4.78 is 60.8. The Morgan fingerprint density at radius 3 is 2.96 bits per heavy atom. The molecule has 0 unspecified atom stereocenters. The number of fused-ring (bicyclic) bond motifs is 2. The third kappa shape index (κ3) is 4.00. The smallest absolute Gasteiger partial charge is 0.433 e. The van der Waals surface area contributed by atoms with Gasteiger partial charge in [0.25, 0.3) is 0 Å². The van der Waals surface area contributed by atoms with Crippen molar-refractivity contribution >= 4 is 5.95 Å². The molecule has 142 valence electrons. The minimum atomic E-state index is -4.64. The quantitative estimate of drug-likeness (QED) is 0.763. The van der Waals surface area contributed by atoms with Crippen molar-refractivity contribution in [1.29, 1.82) is 0 Å². The Bertz CT molecular complexity index is 694. The van der Waals surface area contributed by atoms with E-state index in [1.807, 2.05) is 0 Å². The molecule has 0 aliphatic carbocycles. The van der Waals surface area contributed by atoms with Gasteiger partial charge in [-0.05, 0) is 12.8 Å². The average molecular weight is 373 g/mol. The molecule has 1 N–H and O–H groups in total. The second-order valence-electron chi connectivity index (χ2n) is 6.11. The van der Waals surface area contributed by atoms with E-state index in [9.17, 15) is 13.2 Å². The highest BCUT2D eigenvalue weighted by atomic mass is 19.4. The van der Waals surface area contributed by atoms with Crippen molar-refractivity contribution in [3.63, 3.8) is 0 Å². The number of ether oxygens (including phenoxy) is 4. The van der Waals surface area contributed by atoms with Gasteiger partial charge < -0.3 is 24.3 Å². The summed E-state index contributed by atoms with van der Waals surface area (Å²) in [6.07, 6.45) is 1.04. The van der Waals surface area contributed by atoms with Crippen LogP contribution in [0.2, 0.25) is 0 Å². The number of anilines is 1. The first-order chi connectivity index (χ1) is 12.3. The summed E-state index contributed by atoms with van der Waals surface area (Å²) in [5.74, 6) is 1.69. The number of terminal acetylenes is 1. The maximum atomic E-state index is 13.1. The zero-order valence-electron chi connectivity index (χ0n) is 14.0. The third-order valence-electron chi connectivity index (χ3n) is 4.13. The topological polar surface area (TPSA) is 74.7 Å². The number of methoxy groups -OCH3 is 1. The summed E-state index contributed by atoms with van der Waals surface area (Å²) in [5.41, 5.74) is -1.63. The zero-order chi connectivity index (χ0) is 18.8. The van der Waals surface area contributed by atoms with Crippen LogP contribution < -0.4 is 10.1 Å². The van der Waals surface area contributed by atoms with Crippen molar-refractivity contribution in [2.45, 2.75) is 37.0 Å². The van der Waals surface area contributed by atoms with Crippen molar-refractivity contribution in [3.05, 3.63) is 11.8 Å². The maximum Gasteiger partial charge on any atom is 0.433 e. The lowest BCUT2D eigenvalue weighted by Gasteiger charge is -2.35. The number of nitrogens with one attached hydrogen (secondary N) is 1. The lowest BCUT2D eigenvalue weighted by atomic mass is 9.94. The molecule has 26 heavy (non-hydrogen) atoms. The molecule has 2 aliphatic rings. The van der Waals surface area contributed by atoms with Crippen LogP contribution >= 0.6 is 0 Å². The first-order valence-corrected chi connectivity index (χ1v) is 7.93. The number of alkyl halides is 3. The van der Waals surface area contributed by atoms with Crippen LogP contribution in [0.3, 0.4) is 0 Å². The molecule has 0 amide bonds. The first-order valence-electron chi connectivity index (χ1n) is 7.93. The van der Waals surface area contributed by atoms with Crippen molar-refractivity contribution in [2.75, 3.05) is 32.2 Å². The van der Waals surface area contributed by atoms with Crippen LogP contribution in [0, 0.1) is 12.3 Å². The second-order valence-corrected chi connectivity index (χ2v) is 6.11. The van der Waals surface area contributed by atoms with E-state index in [2.05, 4.69) is 21.2 Å². The van der Waals surface area contributed by atoms with E-state index in [0.29, 0.717) is 32.1 Å². The maximum absolute atomic E-state index is 13.1. The third-order valence-corrected chi connectivity index (χ3v) is 4.13. The number of aromatic nitrogens is 2. The standard InChI is InChI=1S/C16H18F3N3O4/c1-3-6-24-12-7-11(16(17,18)19)21-14(22-12)20-10-4-5-15(8-23-2)9-25-13(10)26-15/h1,7,10,13H,4-6,8-9H2,2H3,(H,20,21,22)/t10-,13+,15+/m1/s1. The lowest BCUT2D eigenvalue weighted by Crippen LogP contribution is -2.47. The number of rotatable bonds is 6. The van der Waals surface area contributed by atoms with Crippen LogP contribution in [0.5, 0.6) is 5.88 Å². The highest BCUT2D eigenvalue weighted by molar-refractivity contribution is 5.34. The van der Waals surface area contributed by atoms with E-state index in [-0.39, 0.29) is 18.4 Å². The predicted octanol–water partition coefficient (Wildman–Crippen LogP) is 1.84. The first kappa shape index (κ1) is 18.7. The number of hydrogen-bond acceptors (Lipinski definition) is 7. The monoisotopic (exact) mass is 373 g/mol. The van der Waals surface area contributed by atoms with Gasteiger partial charge in [-0.25, -0.2) is 4.98 Å². The van der Waals surface area contributed by atoms with Crippen LogP contribution in [0.1, 0.15) is 18.5 Å². The Labute approximate surface area is 148 Å². The minimum absolute atomic E-state index is 0.203. The van der Waals surface area contributed by atoms with Crippen LogP contribution in [-0.2, 0) is 20.4 Å². The molecule has 2 fully saturated rings. The van der Waals surface area contributed by atoms with Gasteiger partial charge in [0, 0.05) is 13.2 Å². The molecule has 0 aromatic carbocycles. The number of hydrogen-bond donors (Lipinski definition) is 1. The normalized spacial score (nSPS) is 27.8. The van der Waals surface area contributed by atoms with Gasteiger partial charge in [-0.3, -0.25) is 0 Å². The summed E-state index contributed by atoms with van der Waals surface area (Å²) in [7, 11) is 1.57. The number of nitrogens with zero attached hydrogens (tertiary/aromatic N) is 2. The van der Waals surface area contributed by atoms with Crippen LogP contribution in [-0.4, -0.2) is 54.8 Å². The molecule has 2 bridgehead atoms. The van der Waals surface area contributed by atoms with Crippen LogP contribution in [0.15, 0.2) is 6.07 Å². The molecule has 3 rings (SSSR count). The fourth-order valence-corrected chi connectivity index (χ4v) is 2.97. The summed E-state index contributed by atoms with van der Waals surface area (Å²) in [6.45, 7) is 0.551. The number of halogens is 3. The lowest BCUT2D eigenvalue weighted by molar-refractivity contribution is -0.143. The molecule has 1 aromatic heterocycles. The summed E-state index contributed by atoms with van der Waals surface area (Å²) >= 11 is 0. The molecule has 10 heteroatoms. The molecule has 0 radical (unpaired) electrons. The Hall–Kier alpha value is -2.09. The van der Waals surface area contributed by atoms with E-state index in [1.165, 1.54) is 0 Å². The zero-order valence-corrected chi connectivity index (χ0v) is 14.0. The Morgan fingerprint density at radius 2 is 2.27 bits per heavy atom. The van der Waals surface area contributed by atoms with Gasteiger partial charge in [0.2, 0.25) is 11.8 Å². The molecule has 2 aliphatic heterocycles. The van der Waals surface area contributed by atoms with Gasteiger partial charge >= 0.3 is 6.18 Å². The predicted molar refractivity (Wildman–Crippen MR) is 83.4 cm³/mol. The highest BCUT2D eigenvalue weighted by Gasteiger charge is 2.49. The molecule has 0 spiro atoms. The summed E-state index contributed by atoms with van der Waals surface area (Å²) in [6, 6.07) is 0.307. The fourth-order valence-electron chi connectivity index (χ4n) is 2.97. The molecule has 3 heterocycles. The Morgan fingerprint density at radius 1 is 1.46 bits per heavy atom. The molecular weight excluding hydrogens is 355 g/mol. The van der Waals surface area contributed by atoms with E-state index < -0.39 is 29.8 Å². The second kappa shape index (κ2) is 7.26. The van der Waals surface area contributed by atoms with Gasteiger partial charge in [0.05, 0.1) is 19.3 Å². The van der Waals surface area contributed by atoms with Crippen molar-refractivity contribution < 1.29 is 32.1 Å². The van der Waals surface area contributed by atoms with Crippen LogP contribution in [0.25, 0.3) is 0 Å². The van der Waals surface area contributed by atoms with Crippen molar-refractivity contribution in [2.24, 2.45) is 0 Å². The van der Waals surface area contributed by atoms with Gasteiger partial charge in [-0.2, -0.15) is 18.2 Å². The summed E-state index contributed by atoms with van der Waals surface area (Å²) in [5, 5.41) is 2.85. The molecule has 3 atom stereocenters. The molecule has 7 nitrogen and oxygen atoms in total. The van der Waals surface area contributed by atoms with Gasteiger partial charge in [-0.1, -0.05) is 5.92 Å². The average Bonchev–Trinajstić information content (AvgIpc) is 2.93. The van der Waals surface area contributed by atoms with E-state index in [4.69, 9.17) is 25.4 Å². The van der Waals surface area contributed by atoms with Gasteiger partial charge in [-0.15, -0.1) is 6.42 Å². The van der Waals surface area contributed by atoms with Crippen LogP contribution in [0.4, 0.5) is 19.1 Å². The van der Waals surface area contributed by atoms with Gasteiger partial charge in [0.15, 0.2) is 18.6 Å². The van der Waals surface area contributed by atoms with E-state index in [0.717, 1.165) is 0 Å². The highest BCUT2D eigenvalue weighted by Crippen LogP contribution is 2.38.